The number of hydrogen-bond acceptors (Lipinski definition) is 1. The van der Waals surface area contributed by atoms with Gasteiger partial charge in [0.15, 0.2) is 0 Å². The summed E-state index contributed by atoms with van der Waals surface area (Å²) in [5.74, 6) is 0.806. The molecule has 2 atom stereocenters. The Labute approximate surface area is 216 Å². The summed E-state index contributed by atoms with van der Waals surface area (Å²) < 4.78 is 13.9. The third-order valence-corrected chi connectivity index (χ3v) is 28.2. The van der Waals surface area contributed by atoms with Crippen molar-refractivity contribution in [3.05, 3.63) is 60.7 Å². The summed E-state index contributed by atoms with van der Waals surface area (Å²) in [6, 6.07) is 22.3. The molecule has 0 bridgehead atoms. The van der Waals surface area contributed by atoms with Gasteiger partial charge in [0.05, 0.1) is 0 Å². The topological polar surface area (TPSA) is 9.23 Å². The molecule has 1 aliphatic rings. The minimum absolute atomic E-state index is 0.457. The molecule has 0 spiro atoms. The number of hydrogen-bond donors (Lipinski definition) is 0. The van der Waals surface area contributed by atoms with Crippen molar-refractivity contribution in [3.63, 3.8) is 0 Å². The van der Waals surface area contributed by atoms with Crippen LogP contribution in [-0.4, -0.2) is 32.8 Å². The average Bonchev–Trinajstić information content (AvgIpc) is 3.31. The number of benzene rings is 2. The Morgan fingerprint density at radius 1 is 0.735 bits per heavy atom. The second-order valence-corrected chi connectivity index (χ2v) is 28.6. The van der Waals surface area contributed by atoms with Crippen molar-refractivity contribution in [1.82, 2.24) is 0 Å². The average molecular weight is 586 g/mol. The Hall–Kier alpha value is -0.584. The first kappa shape index (κ1) is 28.0. The standard InChI is InChI=1S/C19H23OSi.3C4H9.Sn/c1-16-10-9-15-19(16)20-21(2,17-11-5-3-6-12-17)18-13-7-4-8-14-18;3*1-3-4-2;/h3-8,11-14,16,19H,1,9-10,15H2,2H3;3*1,3-4H2,2H3;/t16-,19-;;;;/m0..../s1. The SMILES string of the molecule is CCC[CH2][Sn]([CH2]CCC)([CH2]CCC)[CH2][C@H]1CCC[C@@H]1O[Si](C)(c1ccccc1)c1ccccc1. The Morgan fingerprint density at radius 2 is 1.21 bits per heavy atom. The van der Waals surface area contributed by atoms with Crippen LogP contribution in [0, 0.1) is 5.92 Å². The van der Waals surface area contributed by atoms with Crippen molar-refractivity contribution in [3.8, 4) is 0 Å². The third-order valence-electron chi connectivity index (χ3n) is 8.50. The van der Waals surface area contributed by atoms with E-state index in [4.69, 9.17) is 4.43 Å². The summed E-state index contributed by atoms with van der Waals surface area (Å²) in [5.41, 5.74) is 0. The van der Waals surface area contributed by atoms with Gasteiger partial charge in [0.1, 0.15) is 0 Å². The van der Waals surface area contributed by atoms with Crippen LogP contribution in [0.5, 0.6) is 0 Å². The molecule has 0 heterocycles. The summed E-state index contributed by atoms with van der Waals surface area (Å²) in [6.45, 7) is 9.65. The molecule has 188 valence electrons. The van der Waals surface area contributed by atoms with Crippen LogP contribution < -0.4 is 10.4 Å². The van der Waals surface area contributed by atoms with Crippen LogP contribution in [0.1, 0.15) is 78.6 Å². The maximum atomic E-state index is 7.42. The molecule has 0 aliphatic heterocycles. The van der Waals surface area contributed by atoms with Gasteiger partial charge in [-0.05, 0) is 0 Å². The van der Waals surface area contributed by atoms with E-state index >= 15 is 0 Å². The predicted octanol–water partition coefficient (Wildman–Crippen LogP) is 8.41. The van der Waals surface area contributed by atoms with E-state index in [-0.39, 0.29) is 0 Å². The molecule has 0 radical (unpaired) electrons. The molecule has 3 rings (SSSR count). The van der Waals surface area contributed by atoms with Gasteiger partial charge in [0.25, 0.3) is 0 Å². The normalized spacial score (nSPS) is 18.9. The van der Waals surface area contributed by atoms with Crippen LogP contribution in [0.25, 0.3) is 0 Å². The summed E-state index contributed by atoms with van der Waals surface area (Å²) >= 11 is -2.18. The van der Waals surface area contributed by atoms with Crippen LogP contribution in [-0.2, 0) is 4.43 Å². The van der Waals surface area contributed by atoms with E-state index in [9.17, 15) is 0 Å². The van der Waals surface area contributed by atoms with Crippen LogP contribution in [0.4, 0.5) is 0 Å². The first-order valence-corrected chi connectivity index (χ1v) is 24.8. The van der Waals surface area contributed by atoms with Crippen molar-refractivity contribution in [2.45, 2.75) is 109 Å². The monoisotopic (exact) mass is 586 g/mol. The fourth-order valence-corrected chi connectivity index (χ4v) is 27.4. The van der Waals surface area contributed by atoms with Crippen LogP contribution in [0.3, 0.4) is 0 Å². The molecule has 1 aliphatic carbocycles. The van der Waals surface area contributed by atoms with Crippen molar-refractivity contribution in [2.75, 3.05) is 0 Å². The van der Waals surface area contributed by atoms with Gasteiger partial charge in [-0.2, -0.15) is 0 Å². The van der Waals surface area contributed by atoms with Crippen molar-refractivity contribution < 1.29 is 4.43 Å². The van der Waals surface area contributed by atoms with Gasteiger partial charge in [0, 0.05) is 0 Å². The van der Waals surface area contributed by atoms with Gasteiger partial charge in [-0.3, -0.25) is 0 Å². The van der Waals surface area contributed by atoms with Crippen LogP contribution in [0.15, 0.2) is 60.7 Å². The molecule has 2 aromatic rings. The van der Waals surface area contributed by atoms with Gasteiger partial charge < -0.3 is 0 Å². The Bertz CT molecular complexity index is 747. The second kappa shape index (κ2) is 14.2. The molecular formula is C31H50OSiSn. The number of unbranched alkanes of at least 4 members (excludes halogenated alkanes) is 3. The minimum atomic E-state index is -2.24. The predicted molar refractivity (Wildman–Crippen MR) is 156 cm³/mol. The van der Waals surface area contributed by atoms with Crippen molar-refractivity contribution in [2.24, 2.45) is 5.92 Å². The first-order valence-electron chi connectivity index (χ1n) is 14.4. The van der Waals surface area contributed by atoms with E-state index in [1.807, 2.05) is 0 Å². The van der Waals surface area contributed by atoms with E-state index in [0.717, 1.165) is 5.92 Å². The van der Waals surface area contributed by atoms with Crippen LogP contribution >= 0.6 is 0 Å². The molecule has 0 saturated heterocycles. The molecule has 2 aromatic carbocycles. The first-order chi connectivity index (χ1) is 16.6. The van der Waals surface area contributed by atoms with E-state index < -0.39 is 26.7 Å². The van der Waals surface area contributed by atoms with Gasteiger partial charge in [-0.15, -0.1) is 0 Å². The zero-order chi connectivity index (χ0) is 24.3. The third kappa shape index (κ3) is 7.46. The van der Waals surface area contributed by atoms with Gasteiger partial charge >= 0.3 is 217 Å². The quantitative estimate of drug-likeness (QED) is 0.191. The molecule has 0 amide bonds. The molecule has 0 N–H and O–H groups in total. The fourth-order valence-electron chi connectivity index (χ4n) is 6.40. The van der Waals surface area contributed by atoms with Crippen molar-refractivity contribution >= 4 is 37.1 Å². The molecule has 34 heavy (non-hydrogen) atoms. The molecule has 1 nitrogen and oxygen atoms in total. The Morgan fingerprint density at radius 3 is 1.65 bits per heavy atom. The van der Waals surface area contributed by atoms with Gasteiger partial charge in [-0.25, -0.2) is 0 Å². The summed E-state index contributed by atoms with van der Waals surface area (Å²) in [6.07, 6.45) is 13.0. The van der Waals surface area contributed by atoms with Crippen LogP contribution in [0.2, 0.25) is 24.3 Å². The Balaban J connectivity index is 1.86. The maximum absolute atomic E-state index is 7.42. The molecule has 0 unspecified atom stereocenters. The van der Waals surface area contributed by atoms with Gasteiger partial charge in [-0.1, -0.05) is 0 Å². The molecule has 0 aromatic heterocycles. The summed E-state index contributed by atoms with van der Waals surface area (Å²) in [5, 5.41) is 2.84. The zero-order valence-electron chi connectivity index (χ0n) is 22.5. The van der Waals surface area contributed by atoms with E-state index in [0.29, 0.717) is 6.10 Å². The van der Waals surface area contributed by atoms with E-state index in [1.165, 1.54) is 68.2 Å². The van der Waals surface area contributed by atoms with Gasteiger partial charge in [0.2, 0.25) is 0 Å². The summed E-state index contributed by atoms with van der Waals surface area (Å²) in [4.78, 5) is 0. The summed E-state index contributed by atoms with van der Waals surface area (Å²) in [7, 11) is -2.24. The Kier molecular flexibility index (Phi) is 11.7. The molecule has 3 heteroatoms. The molecular weight excluding hydrogens is 535 g/mol. The fraction of sp³-hybridized carbons (Fsp3) is 0.613. The van der Waals surface area contributed by atoms with Crippen molar-refractivity contribution in [1.29, 1.82) is 0 Å². The van der Waals surface area contributed by atoms with E-state index in [2.05, 4.69) is 88.0 Å². The molecule has 1 saturated carbocycles. The molecule has 1 fully saturated rings. The van der Waals surface area contributed by atoms with E-state index in [1.54, 1.807) is 17.7 Å². The second-order valence-electron chi connectivity index (χ2n) is 11.1. The zero-order valence-corrected chi connectivity index (χ0v) is 26.4. The number of rotatable bonds is 15.